The van der Waals surface area contributed by atoms with Crippen LogP contribution < -0.4 is 5.32 Å². The summed E-state index contributed by atoms with van der Waals surface area (Å²) < 4.78 is 0. The van der Waals surface area contributed by atoms with Crippen LogP contribution in [0.1, 0.15) is 73.1 Å². The maximum absolute atomic E-state index is 3.73. The molecule has 1 saturated carbocycles. The van der Waals surface area contributed by atoms with E-state index in [0.717, 1.165) is 0 Å². The van der Waals surface area contributed by atoms with Crippen LogP contribution in [0.3, 0.4) is 0 Å². The van der Waals surface area contributed by atoms with Crippen molar-refractivity contribution >= 4 is 0 Å². The van der Waals surface area contributed by atoms with Crippen LogP contribution in [0.15, 0.2) is 0 Å². The van der Waals surface area contributed by atoms with E-state index < -0.39 is 0 Å². The third kappa shape index (κ3) is 7.08. The van der Waals surface area contributed by atoms with Crippen molar-refractivity contribution < 1.29 is 0 Å². The highest BCUT2D eigenvalue weighted by molar-refractivity contribution is 4.87. The molecule has 0 aliphatic heterocycles. The summed E-state index contributed by atoms with van der Waals surface area (Å²) in [6, 6.07) is 0.600. The Balaban J connectivity index is 2.65. The first kappa shape index (κ1) is 18.0. The molecule has 0 aromatic heterocycles. The number of hydrogen-bond donors (Lipinski definition) is 1. The molecule has 1 fully saturated rings. The summed E-state index contributed by atoms with van der Waals surface area (Å²) in [6.45, 7) is 15.2. The smallest absolute Gasteiger partial charge is 0.00473 e. The summed E-state index contributed by atoms with van der Waals surface area (Å²) in [5.74, 6) is 0. The fourth-order valence-electron chi connectivity index (χ4n) is 3.73. The van der Waals surface area contributed by atoms with Crippen molar-refractivity contribution in [2.45, 2.75) is 79.2 Å². The molecule has 2 heteroatoms. The van der Waals surface area contributed by atoms with Gasteiger partial charge in [0.25, 0.3) is 0 Å². The van der Waals surface area contributed by atoms with Crippen LogP contribution in [0, 0.1) is 10.8 Å². The summed E-state index contributed by atoms with van der Waals surface area (Å²) in [4.78, 5) is 2.58. The zero-order valence-corrected chi connectivity index (χ0v) is 14.9. The van der Waals surface area contributed by atoms with Crippen LogP contribution in [-0.4, -0.2) is 37.6 Å². The highest BCUT2D eigenvalue weighted by Crippen LogP contribution is 2.35. The van der Waals surface area contributed by atoms with Gasteiger partial charge in [0, 0.05) is 25.7 Å². The van der Waals surface area contributed by atoms with Gasteiger partial charge in [0.2, 0.25) is 0 Å². The van der Waals surface area contributed by atoms with Crippen molar-refractivity contribution in [3.63, 3.8) is 0 Å². The summed E-state index contributed by atoms with van der Waals surface area (Å²) in [5.41, 5.74) is 0.896. The van der Waals surface area contributed by atoms with Crippen molar-refractivity contribution in [1.29, 1.82) is 0 Å². The minimum Gasteiger partial charge on any atom is -0.314 e. The fourth-order valence-corrected chi connectivity index (χ4v) is 3.73. The van der Waals surface area contributed by atoms with E-state index in [1.54, 1.807) is 0 Å². The van der Waals surface area contributed by atoms with Crippen molar-refractivity contribution in [3.05, 3.63) is 0 Å². The lowest BCUT2D eigenvalue weighted by molar-refractivity contribution is 0.117. The average Bonchev–Trinajstić information content (AvgIpc) is 2.50. The Morgan fingerprint density at radius 3 is 2.05 bits per heavy atom. The molecule has 0 atom stereocenters. The van der Waals surface area contributed by atoms with Crippen LogP contribution in [0.5, 0.6) is 0 Å². The monoisotopic (exact) mass is 282 g/mol. The summed E-state index contributed by atoms with van der Waals surface area (Å²) in [7, 11) is 2.31. The van der Waals surface area contributed by atoms with E-state index in [1.165, 1.54) is 58.2 Å². The third-order valence-corrected chi connectivity index (χ3v) is 4.40. The summed E-state index contributed by atoms with van der Waals surface area (Å²) >= 11 is 0. The topological polar surface area (TPSA) is 15.3 Å². The molecule has 0 aromatic carbocycles. The van der Waals surface area contributed by atoms with Gasteiger partial charge in [-0.15, -0.1) is 0 Å². The Morgan fingerprint density at radius 2 is 1.60 bits per heavy atom. The summed E-state index contributed by atoms with van der Waals surface area (Å²) in [5, 5.41) is 3.73. The molecule has 1 rings (SSSR count). The molecular formula is C18H38N2. The second kappa shape index (κ2) is 7.79. The van der Waals surface area contributed by atoms with Gasteiger partial charge in [-0.2, -0.15) is 0 Å². The van der Waals surface area contributed by atoms with E-state index >= 15 is 0 Å². The van der Waals surface area contributed by atoms with Gasteiger partial charge in [-0.3, -0.25) is 0 Å². The van der Waals surface area contributed by atoms with Crippen molar-refractivity contribution in [2.75, 3.05) is 26.7 Å². The van der Waals surface area contributed by atoms with E-state index in [1.807, 2.05) is 0 Å². The van der Waals surface area contributed by atoms with Gasteiger partial charge >= 0.3 is 0 Å². The molecule has 120 valence electrons. The summed E-state index contributed by atoms with van der Waals surface area (Å²) in [6.07, 6.45) is 8.52. The lowest BCUT2D eigenvalue weighted by atomic mass is 9.79. The van der Waals surface area contributed by atoms with Gasteiger partial charge in [0.05, 0.1) is 0 Å². The van der Waals surface area contributed by atoms with Crippen LogP contribution in [0.4, 0.5) is 0 Å². The molecule has 0 aromatic rings. The molecule has 1 N–H and O–H groups in total. The SMILES string of the molecule is CC(C)NCC1(CN(C)CC(C)(C)C)CCCCCC1. The molecule has 0 spiro atoms. The van der Waals surface area contributed by atoms with Crippen LogP contribution in [0.2, 0.25) is 0 Å². The lowest BCUT2D eigenvalue weighted by Crippen LogP contribution is -2.46. The molecule has 0 saturated heterocycles. The molecule has 0 heterocycles. The molecule has 1 aliphatic rings. The predicted molar refractivity (Wildman–Crippen MR) is 90.2 cm³/mol. The first-order valence-corrected chi connectivity index (χ1v) is 8.64. The van der Waals surface area contributed by atoms with Crippen LogP contribution >= 0.6 is 0 Å². The number of hydrogen-bond acceptors (Lipinski definition) is 2. The van der Waals surface area contributed by atoms with Crippen molar-refractivity contribution in [1.82, 2.24) is 10.2 Å². The van der Waals surface area contributed by atoms with E-state index in [0.29, 0.717) is 16.9 Å². The second-order valence-corrected chi connectivity index (χ2v) is 8.68. The standard InChI is InChI=1S/C18H38N2/c1-16(2)19-13-18(11-9-7-8-10-12-18)15-20(6)14-17(3,4)5/h16,19H,7-15H2,1-6H3. The van der Waals surface area contributed by atoms with Crippen LogP contribution in [0.25, 0.3) is 0 Å². The Kier molecular flexibility index (Phi) is 7.00. The molecule has 0 amide bonds. The average molecular weight is 283 g/mol. The van der Waals surface area contributed by atoms with Gasteiger partial charge in [-0.1, -0.05) is 60.3 Å². The van der Waals surface area contributed by atoms with Gasteiger partial charge in [-0.25, -0.2) is 0 Å². The highest BCUT2D eigenvalue weighted by atomic mass is 15.1. The molecular weight excluding hydrogens is 244 g/mol. The molecule has 1 aliphatic carbocycles. The Bertz CT molecular complexity index is 257. The highest BCUT2D eigenvalue weighted by Gasteiger charge is 2.32. The van der Waals surface area contributed by atoms with Crippen molar-refractivity contribution in [2.24, 2.45) is 10.8 Å². The van der Waals surface area contributed by atoms with E-state index in [-0.39, 0.29) is 0 Å². The molecule has 0 radical (unpaired) electrons. The first-order chi connectivity index (χ1) is 9.22. The second-order valence-electron chi connectivity index (χ2n) is 8.68. The van der Waals surface area contributed by atoms with Gasteiger partial charge in [0.1, 0.15) is 0 Å². The Labute approximate surface area is 127 Å². The van der Waals surface area contributed by atoms with Gasteiger partial charge in [-0.05, 0) is 30.7 Å². The maximum Gasteiger partial charge on any atom is 0.00473 e. The number of rotatable bonds is 6. The molecule has 0 bridgehead atoms. The minimum atomic E-state index is 0.395. The zero-order valence-electron chi connectivity index (χ0n) is 14.9. The third-order valence-electron chi connectivity index (χ3n) is 4.40. The van der Waals surface area contributed by atoms with Gasteiger partial charge in [0.15, 0.2) is 0 Å². The van der Waals surface area contributed by atoms with Crippen molar-refractivity contribution in [3.8, 4) is 0 Å². The van der Waals surface area contributed by atoms with E-state index in [2.05, 4.69) is 51.9 Å². The first-order valence-electron chi connectivity index (χ1n) is 8.64. The Hall–Kier alpha value is -0.0800. The number of nitrogens with one attached hydrogen (secondary N) is 1. The fraction of sp³-hybridized carbons (Fsp3) is 1.00. The lowest BCUT2D eigenvalue weighted by Gasteiger charge is -2.39. The molecule has 0 unspecified atom stereocenters. The number of nitrogens with zero attached hydrogens (tertiary/aromatic N) is 1. The largest absolute Gasteiger partial charge is 0.314 e. The van der Waals surface area contributed by atoms with E-state index in [4.69, 9.17) is 0 Å². The molecule has 20 heavy (non-hydrogen) atoms. The maximum atomic E-state index is 3.73. The molecule has 2 nitrogen and oxygen atoms in total. The minimum absolute atomic E-state index is 0.395. The Morgan fingerprint density at radius 1 is 1.05 bits per heavy atom. The van der Waals surface area contributed by atoms with E-state index in [9.17, 15) is 0 Å². The van der Waals surface area contributed by atoms with Crippen LogP contribution in [-0.2, 0) is 0 Å². The normalized spacial score (nSPS) is 20.4. The van der Waals surface area contributed by atoms with Gasteiger partial charge < -0.3 is 10.2 Å². The zero-order chi connectivity index (χ0) is 15.2. The quantitative estimate of drug-likeness (QED) is 0.731. The predicted octanol–water partition coefficient (Wildman–Crippen LogP) is 4.30.